The van der Waals surface area contributed by atoms with Crippen molar-refractivity contribution in [1.82, 2.24) is 19.9 Å². The Balaban J connectivity index is 1.30. The number of nitrogens with zero attached hydrogens (tertiary/aromatic N) is 3. The first-order valence-electron chi connectivity index (χ1n) is 11.5. The zero-order valence-corrected chi connectivity index (χ0v) is 18.4. The van der Waals surface area contributed by atoms with E-state index < -0.39 is 0 Å². The summed E-state index contributed by atoms with van der Waals surface area (Å²) in [5, 5.41) is 7.31. The molecule has 1 N–H and O–H groups in total. The summed E-state index contributed by atoms with van der Waals surface area (Å²) in [6.07, 6.45) is 8.61. The minimum absolute atomic E-state index is 0.182. The third kappa shape index (κ3) is 4.42. The molecule has 1 amide bonds. The molecule has 1 saturated carbocycles. The van der Waals surface area contributed by atoms with Crippen molar-refractivity contribution in [2.24, 2.45) is 0 Å². The maximum Gasteiger partial charge on any atom is 0.291 e. The first-order valence-corrected chi connectivity index (χ1v) is 11.5. The van der Waals surface area contributed by atoms with Gasteiger partial charge >= 0.3 is 0 Å². The Bertz CT molecular complexity index is 1220. The molecule has 0 bridgehead atoms. The third-order valence-electron chi connectivity index (χ3n) is 6.43. The summed E-state index contributed by atoms with van der Waals surface area (Å²) >= 11 is 0. The van der Waals surface area contributed by atoms with Crippen LogP contribution in [0, 0.1) is 6.92 Å². The van der Waals surface area contributed by atoms with E-state index >= 15 is 0 Å². The summed E-state index contributed by atoms with van der Waals surface area (Å²) in [4.78, 5) is 16.9. The Labute approximate surface area is 188 Å². The van der Waals surface area contributed by atoms with Gasteiger partial charge in [0.05, 0.1) is 0 Å². The van der Waals surface area contributed by atoms with E-state index in [0.29, 0.717) is 18.1 Å². The van der Waals surface area contributed by atoms with Gasteiger partial charge in [-0.25, -0.2) is 9.50 Å². The smallest absolute Gasteiger partial charge is 0.291 e. The fourth-order valence-electron chi connectivity index (χ4n) is 4.50. The van der Waals surface area contributed by atoms with Gasteiger partial charge in [0.2, 0.25) is 5.82 Å². The Morgan fingerprint density at radius 2 is 1.66 bits per heavy atom. The summed E-state index contributed by atoms with van der Waals surface area (Å²) in [5.74, 6) is 0.617. The quantitative estimate of drug-likeness (QED) is 0.448. The van der Waals surface area contributed by atoms with Gasteiger partial charge in [0.15, 0.2) is 5.65 Å². The van der Waals surface area contributed by atoms with Crippen molar-refractivity contribution in [3.63, 3.8) is 0 Å². The minimum atomic E-state index is -0.271. The number of hydrogen-bond donors (Lipinski definition) is 1. The van der Waals surface area contributed by atoms with Gasteiger partial charge in [-0.2, -0.15) is 0 Å². The molecule has 0 spiro atoms. The molecule has 2 heterocycles. The average Bonchev–Trinajstić information content (AvgIpc) is 3.28. The van der Waals surface area contributed by atoms with Gasteiger partial charge in [0, 0.05) is 18.3 Å². The number of carbonyl (C=O) groups is 1. The SMILES string of the molecule is Cc1ccc(CNC(=O)c2nc3ccc(-c4ccc(C5CCCCC5)cc4)cn3n2)cc1. The molecule has 4 aromatic rings. The van der Waals surface area contributed by atoms with Crippen LogP contribution in [0.15, 0.2) is 66.9 Å². The van der Waals surface area contributed by atoms with Gasteiger partial charge in [0.25, 0.3) is 5.91 Å². The number of rotatable bonds is 5. The molecule has 0 saturated heterocycles. The largest absolute Gasteiger partial charge is 0.345 e. The van der Waals surface area contributed by atoms with Crippen LogP contribution in [0.5, 0.6) is 0 Å². The lowest BCUT2D eigenvalue weighted by molar-refractivity contribution is 0.0940. The lowest BCUT2D eigenvalue weighted by Crippen LogP contribution is -2.24. The number of aryl methyl sites for hydroxylation is 1. The number of nitrogens with one attached hydrogen (secondary N) is 1. The second kappa shape index (κ2) is 8.95. The van der Waals surface area contributed by atoms with Crippen LogP contribution in [0.3, 0.4) is 0 Å². The second-order valence-corrected chi connectivity index (χ2v) is 8.78. The molecule has 5 rings (SSSR count). The van der Waals surface area contributed by atoms with E-state index in [1.807, 2.05) is 49.5 Å². The fraction of sp³-hybridized carbons (Fsp3) is 0.296. The molecule has 32 heavy (non-hydrogen) atoms. The zero-order chi connectivity index (χ0) is 21.9. The molecule has 2 aromatic heterocycles. The third-order valence-corrected chi connectivity index (χ3v) is 6.43. The van der Waals surface area contributed by atoms with Crippen molar-refractivity contribution in [1.29, 1.82) is 0 Å². The van der Waals surface area contributed by atoms with E-state index in [1.165, 1.54) is 43.2 Å². The van der Waals surface area contributed by atoms with Gasteiger partial charge in [-0.1, -0.05) is 73.4 Å². The van der Waals surface area contributed by atoms with E-state index in [0.717, 1.165) is 16.7 Å². The lowest BCUT2D eigenvalue weighted by atomic mass is 9.84. The number of fused-ring (bicyclic) bond motifs is 1. The first-order chi connectivity index (χ1) is 15.7. The normalized spacial score (nSPS) is 14.5. The fourth-order valence-corrected chi connectivity index (χ4v) is 4.50. The van der Waals surface area contributed by atoms with Crippen LogP contribution in [-0.2, 0) is 6.54 Å². The van der Waals surface area contributed by atoms with Crippen LogP contribution < -0.4 is 5.32 Å². The number of hydrogen-bond acceptors (Lipinski definition) is 3. The van der Waals surface area contributed by atoms with Gasteiger partial charge in [-0.05, 0) is 54.5 Å². The van der Waals surface area contributed by atoms with E-state index in [2.05, 4.69) is 39.7 Å². The standard InChI is InChI=1S/C27H28N4O/c1-19-7-9-20(10-8-19)17-28-27(32)26-29-25-16-15-24(18-31(25)30-26)23-13-11-22(12-14-23)21-5-3-2-4-6-21/h7-16,18,21H,2-6,17H2,1H3,(H,28,32). The Morgan fingerprint density at radius 1 is 0.938 bits per heavy atom. The minimum Gasteiger partial charge on any atom is -0.345 e. The highest BCUT2D eigenvalue weighted by molar-refractivity contribution is 5.90. The van der Waals surface area contributed by atoms with E-state index in [1.54, 1.807) is 4.52 Å². The number of benzene rings is 2. The number of pyridine rings is 1. The average molecular weight is 425 g/mol. The predicted molar refractivity (Wildman–Crippen MR) is 127 cm³/mol. The molecule has 0 unspecified atom stereocenters. The molecular weight excluding hydrogens is 396 g/mol. The lowest BCUT2D eigenvalue weighted by Gasteiger charge is -2.22. The van der Waals surface area contributed by atoms with Crippen LogP contribution in [0.4, 0.5) is 0 Å². The van der Waals surface area contributed by atoms with Crippen molar-refractivity contribution in [2.45, 2.75) is 51.5 Å². The van der Waals surface area contributed by atoms with E-state index in [4.69, 9.17) is 0 Å². The summed E-state index contributed by atoms with van der Waals surface area (Å²) < 4.78 is 1.69. The Kier molecular flexibility index (Phi) is 5.71. The van der Waals surface area contributed by atoms with Crippen molar-refractivity contribution in [3.8, 4) is 11.1 Å². The van der Waals surface area contributed by atoms with Gasteiger partial charge < -0.3 is 5.32 Å². The molecule has 1 fully saturated rings. The topological polar surface area (TPSA) is 59.3 Å². The van der Waals surface area contributed by atoms with Crippen LogP contribution in [0.2, 0.25) is 0 Å². The summed E-state index contributed by atoms with van der Waals surface area (Å²) in [5.41, 5.74) is 6.56. The zero-order valence-electron chi connectivity index (χ0n) is 18.4. The van der Waals surface area contributed by atoms with Gasteiger partial charge in [-0.15, -0.1) is 5.10 Å². The Hall–Kier alpha value is -3.47. The maximum atomic E-state index is 12.5. The molecule has 1 aliphatic rings. The highest BCUT2D eigenvalue weighted by Gasteiger charge is 2.16. The molecule has 0 atom stereocenters. The maximum absolute atomic E-state index is 12.5. The van der Waals surface area contributed by atoms with Gasteiger partial charge in [-0.3, -0.25) is 4.79 Å². The van der Waals surface area contributed by atoms with E-state index in [9.17, 15) is 4.79 Å². The van der Waals surface area contributed by atoms with Crippen molar-refractivity contribution in [2.75, 3.05) is 0 Å². The molecule has 5 heteroatoms. The van der Waals surface area contributed by atoms with Crippen molar-refractivity contribution in [3.05, 3.63) is 89.4 Å². The number of aromatic nitrogens is 3. The molecule has 5 nitrogen and oxygen atoms in total. The molecule has 0 aliphatic heterocycles. The van der Waals surface area contributed by atoms with E-state index in [-0.39, 0.29) is 11.7 Å². The van der Waals surface area contributed by atoms with Crippen molar-refractivity contribution < 1.29 is 4.79 Å². The molecule has 2 aromatic carbocycles. The summed E-state index contributed by atoms with van der Waals surface area (Å²) in [6, 6.07) is 21.0. The Morgan fingerprint density at radius 3 is 2.41 bits per heavy atom. The highest BCUT2D eigenvalue weighted by atomic mass is 16.2. The molecular formula is C27H28N4O. The monoisotopic (exact) mass is 424 g/mol. The van der Waals surface area contributed by atoms with Gasteiger partial charge in [0.1, 0.15) is 0 Å². The second-order valence-electron chi connectivity index (χ2n) is 8.78. The predicted octanol–water partition coefficient (Wildman–Crippen LogP) is 5.68. The molecule has 162 valence electrons. The highest BCUT2D eigenvalue weighted by Crippen LogP contribution is 2.33. The van der Waals surface area contributed by atoms with Crippen LogP contribution >= 0.6 is 0 Å². The van der Waals surface area contributed by atoms with Crippen LogP contribution in [-0.4, -0.2) is 20.5 Å². The molecule has 0 radical (unpaired) electrons. The van der Waals surface area contributed by atoms with Crippen molar-refractivity contribution >= 4 is 11.6 Å². The van der Waals surface area contributed by atoms with Crippen LogP contribution in [0.1, 0.15) is 65.3 Å². The summed E-state index contributed by atoms with van der Waals surface area (Å²) in [7, 11) is 0. The molecule has 1 aliphatic carbocycles. The number of carbonyl (C=O) groups excluding carboxylic acids is 1. The first kappa shape index (κ1) is 20.4. The van der Waals surface area contributed by atoms with Crippen LogP contribution in [0.25, 0.3) is 16.8 Å². The summed E-state index contributed by atoms with van der Waals surface area (Å²) in [6.45, 7) is 2.50. The number of amides is 1.